The van der Waals surface area contributed by atoms with Crippen LogP contribution in [-0.4, -0.2) is 83.1 Å². The summed E-state index contributed by atoms with van der Waals surface area (Å²) in [5.41, 5.74) is 0.347. The maximum Gasteiger partial charge on any atom is 0.253 e. The molecule has 2 fully saturated rings. The monoisotopic (exact) mass is 416 g/mol. The number of morpholine rings is 1. The van der Waals surface area contributed by atoms with Gasteiger partial charge in [-0.15, -0.1) is 0 Å². The van der Waals surface area contributed by atoms with Gasteiger partial charge in [0.1, 0.15) is 4.90 Å². The number of halogens is 1. The van der Waals surface area contributed by atoms with Crippen molar-refractivity contribution in [3.8, 4) is 0 Å². The molecule has 27 heavy (non-hydrogen) atoms. The van der Waals surface area contributed by atoms with Crippen molar-refractivity contribution in [3.63, 3.8) is 0 Å². The van der Waals surface area contributed by atoms with Gasteiger partial charge in [0.05, 0.1) is 38.4 Å². The molecule has 9 heteroatoms. The number of hydrogen-bond acceptors (Lipinski definition) is 4. The van der Waals surface area contributed by atoms with Gasteiger partial charge in [-0.1, -0.05) is 11.6 Å². The van der Waals surface area contributed by atoms with Crippen LogP contribution in [0.15, 0.2) is 23.1 Å². The van der Waals surface area contributed by atoms with Crippen LogP contribution < -0.4 is 4.90 Å². The largest absolute Gasteiger partial charge is 0.379 e. The molecule has 2 saturated heterocycles. The maximum atomic E-state index is 12.9. The molecule has 3 rings (SSSR count). The topological polar surface area (TPSA) is 71.4 Å². The Hall–Kier alpha value is -1.19. The van der Waals surface area contributed by atoms with Gasteiger partial charge in [0, 0.05) is 44.6 Å². The molecule has 0 aromatic heterocycles. The first-order valence-corrected chi connectivity index (χ1v) is 11.1. The summed E-state index contributed by atoms with van der Waals surface area (Å²) in [5, 5.41) is 0.128. The molecule has 1 amide bonds. The van der Waals surface area contributed by atoms with Crippen LogP contribution >= 0.6 is 11.6 Å². The Bertz CT molecular complexity index is 788. The number of carbonyl (C=O) groups is 1. The minimum Gasteiger partial charge on any atom is -0.379 e. The summed E-state index contributed by atoms with van der Waals surface area (Å²) >= 11 is 6.18. The lowest BCUT2D eigenvalue weighted by molar-refractivity contribution is -0.885. The SMILES string of the molecule is CN(C(=O)c1ccc(Cl)c(S(=O)(=O)N2CCOCC2)c1)C1CC[NH+](C)CC1. The minimum atomic E-state index is -3.76. The van der Waals surface area contributed by atoms with E-state index in [1.165, 1.54) is 21.3 Å². The predicted molar refractivity (Wildman–Crippen MR) is 103 cm³/mol. The first kappa shape index (κ1) is 20.5. The number of ether oxygens (including phenoxy) is 1. The number of benzene rings is 1. The molecule has 2 aliphatic heterocycles. The molecule has 7 nitrogen and oxygen atoms in total. The van der Waals surface area contributed by atoms with Crippen molar-refractivity contribution in [3.05, 3.63) is 28.8 Å². The highest BCUT2D eigenvalue weighted by atomic mass is 35.5. The molecule has 0 atom stereocenters. The van der Waals surface area contributed by atoms with Gasteiger partial charge in [0.2, 0.25) is 10.0 Å². The fraction of sp³-hybridized carbons (Fsp3) is 0.611. The molecule has 0 aliphatic carbocycles. The molecule has 1 N–H and O–H groups in total. The zero-order chi connectivity index (χ0) is 19.6. The lowest BCUT2D eigenvalue weighted by Gasteiger charge is -2.33. The van der Waals surface area contributed by atoms with Crippen LogP contribution in [0.5, 0.6) is 0 Å². The summed E-state index contributed by atoms with van der Waals surface area (Å²) in [7, 11) is 0.184. The van der Waals surface area contributed by atoms with Crippen molar-refractivity contribution in [1.29, 1.82) is 0 Å². The van der Waals surface area contributed by atoms with Crippen LogP contribution in [0.3, 0.4) is 0 Å². The van der Waals surface area contributed by atoms with E-state index >= 15 is 0 Å². The van der Waals surface area contributed by atoms with Gasteiger partial charge in [-0.25, -0.2) is 8.42 Å². The zero-order valence-corrected chi connectivity index (χ0v) is 17.4. The third kappa shape index (κ3) is 4.46. The summed E-state index contributed by atoms with van der Waals surface area (Å²) in [5.74, 6) is -0.172. The molecular formula is C18H27ClN3O4S+. The standard InChI is InChI=1S/C18H26ClN3O4S/c1-20-7-5-15(6-8-20)21(2)18(23)14-3-4-16(19)17(13-14)27(24,25)22-9-11-26-12-10-22/h3-4,13,15H,5-12H2,1-2H3/p+1. The van der Waals surface area contributed by atoms with E-state index in [2.05, 4.69) is 7.05 Å². The zero-order valence-electron chi connectivity index (χ0n) is 15.8. The van der Waals surface area contributed by atoms with Gasteiger partial charge >= 0.3 is 0 Å². The van der Waals surface area contributed by atoms with Crippen LogP contribution in [0, 0.1) is 0 Å². The number of nitrogens with one attached hydrogen (secondary N) is 1. The number of likely N-dealkylation sites (tertiary alicyclic amines) is 1. The van der Waals surface area contributed by atoms with Gasteiger partial charge in [-0.3, -0.25) is 4.79 Å². The normalized spacial score (nSPS) is 24.6. The second-order valence-corrected chi connectivity index (χ2v) is 9.58. The predicted octanol–water partition coefficient (Wildman–Crippen LogP) is 0.110. The van der Waals surface area contributed by atoms with Crippen molar-refractivity contribution in [2.24, 2.45) is 0 Å². The molecule has 0 unspecified atom stereocenters. The highest BCUT2D eigenvalue weighted by Crippen LogP contribution is 2.27. The van der Waals surface area contributed by atoms with Gasteiger partial charge in [0.15, 0.2) is 0 Å². The Morgan fingerprint density at radius 1 is 1.26 bits per heavy atom. The number of sulfonamides is 1. The second kappa shape index (κ2) is 8.45. The average molecular weight is 417 g/mol. The number of quaternary nitrogens is 1. The molecule has 1 aromatic rings. The number of piperidine rings is 1. The van der Waals surface area contributed by atoms with Crippen molar-refractivity contribution in [1.82, 2.24) is 9.21 Å². The Kier molecular flexibility index (Phi) is 6.43. The van der Waals surface area contributed by atoms with Crippen molar-refractivity contribution in [2.45, 2.75) is 23.8 Å². The van der Waals surface area contributed by atoms with E-state index < -0.39 is 10.0 Å². The van der Waals surface area contributed by atoms with Crippen LogP contribution in [-0.2, 0) is 14.8 Å². The first-order chi connectivity index (χ1) is 12.8. The molecule has 1 aromatic carbocycles. The molecule has 0 spiro atoms. The fourth-order valence-corrected chi connectivity index (χ4v) is 5.52. The smallest absolute Gasteiger partial charge is 0.253 e. The number of hydrogen-bond donors (Lipinski definition) is 1. The Labute approximate surface area is 165 Å². The summed E-state index contributed by atoms with van der Waals surface area (Å²) in [6.45, 7) is 3.34. The quantitative estimate of drug-likeness (QED) is 0.756. The van der Waals surface area contributed by atoms with Gasteiger partial charge in [-0.05, 0) is 18.2 Å². The second-order valence-electron chi connectivity index (χ2n) is 7.27. The van der Waals surface area contributed by atoms with E-state index in [9.17, 15) is 13.2 Å². The summed E-state index contributed by atoms with van der Waals surface area (Å²) < 4.78 is 32.5. The van der Waals surface area contributed by atoms with E-state index in [0.717, 1.165) is 25.9 Å². The van der Waals surface area contributed by atoms with Crippen molar-refractivity contribution in [2.75, 3.05) is 53.5 Å². The number of amides is 1. The van der Waals surface area contributed by atoms with E-state index in [0.29, 0.717) is 18.8 Å². The summed E-state index contributed by atoms with van der Waals surface area (Å²) in [4.78, 5) is 16.1. The van der Waals surface area contributed by atoms with E-state index in [1.807, 2.05) is 0 Å². The summed E-state index contributed by atoms with van der Waals surface area (Å²) in [6, 6.07) is 4.68. The number of nitrogens with zero attached hydrogens (tertiary/aromatic N) is 2. The maximum absolute atomic E-state index is 12.9. The highest BCUT2D eigenvalue weighted by Gasteiger charge is 2.31. The van der Waals surface area contributed by atoms with Crippen LogP contribution in [0.2, 0.25) is 5.02 Å². The van der Waals surface area contributed by atoms with E-state index in [1.54, 1.807) is 18.0 Å². The molecule has 2 heterocycles. The molecule has 150 valence electrons. The van der Waals surface area contributed by atoms with Crippen LogP contribution in [0.4, 0.5) is 0 Å². The molecule has 0 saturated carbocycles. The van der Waals surface area contributed by atoms with E-state index in [-0.39, 0.29) is 35.0 Å². The Morgan fingerprint density at radius 3 is 2.52 bits per heavy atom. The van der Waals surface area contributed by atoms with Gasteiger partial charge in [-0.2, -0.15) is 4.31 Å². The lowest BCUT2D eigenvalue weighted by Crippen LogP contribution is -3.10. The van der Waals surface area contributed by atoms with Crippen molar-refractivity contribution >= 4 is 27.5 Å². The summed E-state index contributed by atoms with van der Waals surface area (Å²) in [6.07, 6.45) is 1.89. The van der Waals surface area contributed by atoms with Crippen molar-refractivity contribution < 1.29 is 22.8 Å². The molecular weight excluding hydrogens is 390 g/mol. The minimum absolute atomic E-state index is 0.0156. The van der Waals surface area contributed by atoms with Crippen LogP contribution in [0.1, 0.15) is 23.2 Å². The number of rotatable bonds is 4. The third-order valence-electron chi connectivity index (χ3n) is 5.44. The molecule has 0 radical (unpaired) electrons. The molecule has 2 aliphatic rings. The fourth-order valence-electron chi connectivity index (χ4n) is 3.61. The number of carbonyl (C=O) groups excluding carboxylic acids is 1. The Balaban J connectivity index is 1.83. The first-order valence-electron chi connectivity index (χ1n) is 9.26. The lowest BCUT2D eigenvalue weighted by atomic mass is 10.0. The Morgan fingerprint density at radius 2 is 1.89 bits per heavy atom. The highest BCUT2D eigenvalue weighted by molar-refractivity contribution is 7.89. The molecule has 0 bridgehead atoms. The average Bonchev–Trinajstić information content (AvgIpc) is 2.68. The van der Waals surface area contributed by atoms with Gasteiger partial charge < -0.3 is 14.5 Å². The van der Waals surface area contributed by atoms with E-state index in [4.69, 9.17) is 16.3 Å². The third-order valence-corrected chi connectivity index (χ3v) is 7.82. The van der Waals surface area contributed by atoms with Gasteiger partial charge in [0.25, 0.3) is 5.91 Å². The van der Waals surface area contributed by atoms with Crippen LogP contribution in [0.25, 0.3) is 0 Å².